The zero-order valence-electron chi connectivity index (χ0n) is 20.5. The van der Waals surface area contributed by atoms with Gasteiger partial charge < -0.3 is 14.2 Å². The Morgan fingerprint density at radius 3 is 2.68 bits per heavy atom. The highest BCUT2D eigenvalue weighted by atomic mass is 35.5. The van der Waals surface area contributed by atoms with Crippen LogP contribution < -0.4 is 10.6 Å². The number of nitrogens with zero attached hydrogens (tertiary/aromatic N) is 1. The Labute approximate surface area is 235 Å². The molecule has 6 nitrogen and oxygen atoms in total. The second-order valence-corrected chi connectivity index (χ2v) is 10.1. The van der Waals surface area contributed by atoms with Gasteiger partial charge in [-0.05, 0) is 90.8 Å². The summed E-state index contributed by atoms with van der Waals surface area (Å²) in [4.78, 5) is 17.4. The fourth-order valence-corrected chi connectivity index (χ4v) is 4.55. The smallest absolute Gasteiger partial charge is 0.293 e. The summed E-state index contributed by atoms with van der Waals surface area (Å²) in [5.74, 6) is 0.952. The topological polar surface area (TPSA) is 80.3 Å². The first kappa shape index (κ1) is 26.0. The molecule has 0 saturated carbocycles. The van der Waals surface area contributed by atoms with Gasteiger partial charge in [-0.2, -0.15) is 0 Å². The molecule has 5 rings (SSSR count). The molecule has 2 heterocycles. The first-order valence-electron chi connectivity index (χ1n) is 12.0. The standard InChI is InChI=1S/C29H23Cl2N3O3S/c1-3-16(2)17-7-10-25-23(14-17)33-28(37-25)18-5-4-6-20(13-18)32-29(38)34-27(35)26-12-11-24(36-26)21-15-19(30)8-9-22(21)31/h4-16H,3H2,1-2H3,(H2,32,34,35,38)/t16-/m1/s1. The van der Waals surface area contributed by atoms with Gasteiger partial charge in [-0.15, -0.1) is 0 Å². The third-order valence-electron chi connectivity index (χ3n) is 6.21. The summed E-state index contributed by atoms with van der Waals surface area (Å²) in [5, 5.41) is 6.73. The second-order valence-electron chi connectivity index (χ2n) is 8.83. The maximum atomic E-state index is 12.7. The van der Waals surface area contributed by atoms with E-state index in [9.17, 15) is 4.79 Å². The summed E-state index contributed by atoms with van der Waals surface area (Å²) in [6, 6.07) is 21.8. The zero-order valence-corrected chi connectivity index (χ0v) is 22.9. The minimum Gasteiger partial charge on any atom is -0.451 e. The van der Waals surface area contributed by atoms with E-state index >= 15 is 0 Å². The lowest BCUT2D eigenvalue weighted by atomic mass is 9.98. The third-order valence-corrected chi connectivity index (χ3v) is 6.98. The predicted molar refractivity (Wildman–Crippen MR) is 156 cm³/mol. The van der Waals surface area contributed by atoms with Crippen LogP contribution in [0.3, 0.4) is 0 Å². The SMILES string of the molecule is CC[C@@H](C)c1ccc2oc(-c3cccc(NC(=S)NC(=O)c4ccc(-c5cc(Cl)ccc5Cl)o4)c3)nc2c1. The molecule has 3 aromatic carbocycles. The quantitative estimate of drug-likeness (QED) is 0.201. The number of benzene rings is 3. The van der Waals surface area contributed by atoms with Gasteiger partial charge in [0.15, 0.2) is 16.5 Å². The van der Waals surface area contributed by atoms with Crippen molar-refractivity contribution in [3.8, 4) is 22.8 Å². The van der Waals surface area contributed by atoms with E-state index in [1.807, 2.05) is 30.3 Å². The van der Waals surface area contributed by atoms with Crippen molar-refractivity contribution in [1.82, 2.24) is 10.3 Å². The Kier molecular flexibility index (Phi) is 7.51. The van der Waals surface area contributed by atoms with E-state index in [0.29, 0.717) is 38.9 Å². The lowest BCUT2D eigenvalue weighted by Crippen LogP contribution is -2.33. The van der Waals surface area contributed by atoms with E-state index in [1.165, 1.54) is 5.56 Å². The molecular weight excluding hydrogens is 541 g/mol. The molecule has 0 radical (unpaired) electrons. The fourth-order valence-electron chi connectivity index (χ4n) is 3.96. The Morgan fingerprint density at radius 1 is 1.03 bits per heavy atom. The number of carbonyl (C=O) groups excluding carboxylic acids is 1. The van der Waals surface area contributed by atoms with Crippen LogP contribution in [0, 0.1) is 0 Å². The van der Waals surface area contributed by atoms with Gasteiger partial charge in [-0.3, -0.25) is 10.1 Å². The minimum absolute atomic E-state index is 0.0807. The molecule has 0 fully saturated rings. The van der Waals surface area contributed by atoms with Gasteiger partial charge in [-0.1, -0.05) is 49.2 Å². The van der Waals surface area contributed by atoms with Gasteiger partial charge >= 0.3 is 0 Å². The van der Waals surface area contributed by atoms with Crippen molar-refractivity contribution in [3.63, 3.8) is 0 Å². The maximum Gasteiger partial charge on any atom is 0.293 e. The van der Waals surface area contributed by atoms with E-state index < -0.39 is 5.91 Å². The maximum absolute atomic E-state index is 12.7. The molecule has 2 aromatic heterocycles. The molecule has 0 saturated heterocycles. The molecule has 0 aliphatic rings. The van der Waals surface area contributed by atoms with Crippen LogP contribution in [-0.4, -0.2) is 16.0 Å². The molecule has 192 valence electrons. The highest BCUT2D eigenvalue weighted by Crippen LogP contribution is 2.32. The summed E-state index contributed by atoms with van der Waals surface area (Å²) < 4.78 is 11.7. The molecule has 0 aliphatic carbocycles. The van der Waals surface area contributed by atoms with Crippen LogP contribution in [0.15, 0.2) is 81.6 Å². The monoisotopic (exact) mass is 563 g/mol. The Balaban J connectivity index is 1.27. The number of halogens is 2. The van der Waals surface area contributed by atoms with Gasteiger partial charge in [0.05, 0.1) is 5.02 Å². The van der Waals surface area contributed by atoms with Gasteiger partial charge in [0.2, 0.25) is 5.89 Å². The highest BCUT2D eigenvalue weighted by Gasteiger charge is 2.16. The molecule has 1 atom stereocenters. The number of nitrogens with one attached hydrogen (secondary N) is 2. The van der Waals surface area contributed by atoms with Gasteiger partial charge in [0, 0.05) is 21.8 Å². The lowest BCUT2D eigenvalue weighted by Gasteiger charge is -2.09. The Bertz CT molecular complexity index is 1660. The number of aromatic nitrogens is 1. The minimum atomic E-state index is -0.501. The number of anilines is 1. The largest absolute Gasteiger partial charge is 0.451 e. The molecule has 5 aromatic rings. The number of hydrogen-bond donors (Lipinski definition) is 2. The van der Waals surface area contributed by atoms with Crippen LogP contribution in [0.5, 0.6) is 0 Å². The Morgan fingerprint density at radius 2 is 1.87 bits per heavy atom. The van der Waals surface area contributed by atoms with Crippen LogP contribution in [-0.2, 0) is 0 Å². The molecule has 38 heavy (non-hydrogen) atoms. The molecule has 0 unspecified atom stereocenters. The summed E-state index contributed by atoms with van der Waals surface area (Å²) in [5.41, 5.74) is 4.81. The molecule has 9 heteroatoms. The van der Waals surface area contributed by atoms with Gasteiger partial charge in [-0.25, -0.2) is 4.98 Å². The number of fused-ring (bicyclic) bond motifs is 1. The molecule has 2 N–H and O–H groups in total. The van der Waals surface area contributed by atoms with Crippen LogP contribution >= 0.6 is 35.4 Å². The van der Waals surface area contributed by atoms with Crippen molar-refractivity contribution in [3.05, 3.63) is 94.2 Å². The summed E-state index contributed by atoms with van der Waals surface area (Å²) in [6.07, 6.45) is 1.05. The normalized spacial score (nSPS) is 11.9. The number of hydrogen-bond acceptors (Lipinski definition) is 5. The summed E-state index contributed by atoms with van der Waals surface area (Å²) in [6.45, 7) is 4.36. The molecule has 0 bridgehead atoms. The number of rotatable bonds is 6. The highest BCUT2D eigenvalue weighted by molar-refractivity contribution is 7.80. The van der Waals surface area contributed by atoms with Crippen LogP contribution in [0.4, 0.5) is 5.69 Å². The number of thiocarbonyl (C=S) groups is 1. The predicted octanol–water partition coefficient (Wildman–Crippen LogP) is 8.70. The number of oxazole rings is 1. The number of carbonyl (C=O) groups is 1. The van der Waals surface area contributed by atoms with Crippen molar-refractivity contribution >= 4 is 63.2 Å². The van der Waals surface area contributed by atoms with Crippen molar-refractivity contribution in [2.75, 3.05) is 5.32 Å². The first-order chi connectivity index (χ1) is 18.3. The lowest BCUT2D eigenvalue weighted by molar-refractivity contribution is 0.0951. The average molecular weight is 564 g/mol. The molecular formula is C29H23Cl2N3O3S. The second kappa shape index (κ2) is 11.0. The first-order valence-corrected chi connectivity index (χ1v) is 13.2. The van der Waals surface area contributed by atoms with Crippen LogP contribution in [0.2, 0.25) is 10.0 Å². The fraction of sp³-hybridized carbons (Fsp3) is 0.138. The van der Waals surface area contributed by atoms with E-state index in [1.54, 1.807) is 30.3 Å². The molecule has 1 amide bonds. The van der Waals surface area contributed by atoms with Crippen molar-refractivity contribution < 1.29 is 13.6 Å². The molecule has 0 spiro atoms. The summed E-state index contributed by atoms with van der Waals surface area (Å²) >= 11 is 17.6. The van der Waals surface area contributed by atoms with Crippen LogP contribution in [0.1, 0.15) is 42.3 Å². The van der Waals surface area contributed by atoms with Crippen molar-refractivity contribution in [2.24, 2.45) is 0 Å². The van der Waals surface area contributed by atoms with Gasteiger partial charge in [0.25, 0.3) is 5.91 Å². The average Bonchev–Trinajstić information content (AvgIpc) is 3.57. The Hall–Kier alpha value is -3.65. The van der Waals surface area contributed by atoms with E-state index in [0.717, 1.165) is 23.1 Å². The third kappa shape index (κ3) is 5.60. The summed E-state index contributed by atoms with van der Waals surface area (Å²) in [7, 11) is 0. The van der Waals surface area contributed by atoms with E-state index in [-0.39, 0.29) is 10.9 Å². The number of amides is 1. The molecule has 0 aliphatic heterocycles. The van der Waals surface area contributed by atoms with Crippen molar-refractivity contribution in [1.29, 1.82) is 0 Å². The number of furan rings is 1. The zero-order chi connectivity index (χ0) is 26.8. The van der Waals surface area contributed by atoms with Crippen LogP contribution in [0.25, 0.3) is 33.9 Å². The van der Waals surface area contributed by atoms with Crippen molar-refractivity contribution in [2.45, 2.75) is 26.2 Å². The van der Waals surface area contributed by atoms with Gasteiger partial charge in [0.1, 0.15) is 11.3 Å². The van der Waals surface area contributed by atoms with E-state index in [2.05, 4.69) is 41.6 Å². The van der Waals surface area contributed by atoms with E-state index in [4.69, 9.17) is 44.3 Å².